The van der Waals surface area contributed by atoms with Crippen molar-refractivity contribution in [3.63, 3.8) is 0 Å². The van der Waals surface area contributed by atoms with Gasteiger partial charge in [-0.3, -0.25) is 14.3 Å². The molecule has 4 heterocycles. The van der Waals surface area contributed by atoms with Crippen LogP contribution in [0.4, 0.5) is 5.82 Å². The lowest BCUT2D eigenvalue weighted by atomic mass is 10.2. The number of carbonyl (C=O) groups excluding carboxylic acids is 1. The number of aromatic nitrogens is 6. The summed E-state index contributed by atoms with van der Waals surface area (Å²) in [6.45, 7) is 2.56. The molecule has 0 aliphatic carbocycles. The van der Waals surface area contributed by atoms with E-state index in [-0.39, 0.29) is 5.91 Å². The van der Waals surface area contributed by atoms with E-state index in [1.165, 1.54) is 0 Å². The van der Waals surface area contributed by atoms with Crippen molar-refractivity contribution in [2.45, 2.75) is 0 Å². The fourth-order valence-electron chi connectivity index (χ4n) is 3.38. The smallest absolute Gasteiger partial charge is 0.274 e. The van der Waals surface area contributed by atoms with E-state index in [0.29, 0.717) is 31.9 Å². The van der Waals surface area contributed by atoms with E-state index in [1.54, 1.807) is 23.3 Å². The predicted molar refractivity (Wildman–Crippen MR) is 107 cm³/mol. The quantitative estimate of drug-likeness (QED) is 0.528. The second-order valence-electron chi connectivity index (χ2n) is 6.74. The predicted octanol–water partition coefficient (Wildman–Crippen LogP) is 1.57. The summed E-state index contributed by atoms with van der Waals surface area (Å²) in [5.41, 5.74) is 1.89. The number of imidazole rings is 1. The van der Waals surface area contributed by atoms with E-state index in [2.05, 4.69) is 30.0 Å². The number of rotatable bonds is 3. The summed E-state index contributed by atoms with van der Waals surface area (Å²) in [4.78, 5) is 29.6. The summed E-state index contributed by atoms with van der Waals surface area (Å²) in [6, 6.07) is 11.4. The first-order valence-corrected chi connectivity index (χ1v) is 9.36. The molecule has 1 amide bonds. The van der Waals surface area contributed by atoms with Gasteiger partial charge in [0.05, 0.1) is 17.2 Å². The molecule has 4 aromatic rings. The maximum absolute atomic E-state index is 12.8. The van der Waals surface area contributed by atoms with E-state index in [9.17, 15) is 4.79 Å². The van der Waals surface area contributed by atoms with E-state index in [4.69, 9.17) is 0 Å². The SMILES string of the molecule is O=C(c1cnc2ccccc2n1)N1CCN(c2ccc(-n3ccnc3)nn2)CC1. The van der Waals surface area contributed by atoms with E-state index >= 15 is 0 Å². The van der Waals surface area contributed by atoms with Gasteiger partial charge in [-0.05, 0) is 24.3 Å². The summed E-state index contributed by atoms with van der Waals surface area (Å²) in [7, 11) is 0. The van der Waals surface area contributed by atoms with Crippen LogP contribution in [0.1, 0.15) is 10.5 Å². The highest BCUT2D eigenvalue weighted by Gasteiger charge is 2.24. The molecule has 0 saturated carbocycles. The first kappa shape index (κ1) is 17.2. The van der Waals surface area contributed by atoms with Gasteiger partial charge in [0.25, 0.3) is 5.91 Å². The van der Waals surface area contributed by atoms with Crippen molar-refractivity contribution in [3.8, 4) is 5.82 Å². The summed E-state index contributed by atoms with van der Waals surface area (Å²) >= 11 is 0. The third-order valence-electron chi connectivity index (χ3n) is 4.96. The molecule has 9 heteroatoms. The Labute approximate surface area is 166 Å². The highest BCUT2D eigenvalue weighted by Crippen LogP contribution is 2.16. The first-order chi connectivity index (χ1) is 14.3. The third kappa shape index (κ3) is 3.38. The molecule has 0 N–H and O–H groups in total. The zero-order chi connectivity index (χ0) is 19.6. The summed E-state index contributed by atoms with van der Waals surface area (Å²) in [6.07, 6.45) is 6.76. The first-order valence-electron chi connectivity index (χ1n) is 9.36. The number of hydrogen-bond acceptors (Lipinski definition) is 7. The van der Waals surface area contributed by atoms with Crippen molar-refractivity contribution < 1.29 is 4.79 Å². The van der Waals surface area contributed by atoms with Crippen LogP contribution >= 0.6 is 0 Å². The fourth-order valence-corrected chi connectivity index (χ4v) is 3.38. The lowest BCUT2D eigenvalue weighted by Gasteiger charge is -2.35. The average Bonchev–Trinajstić information content (AvgIpc) is 3.33. The minimum absolute atomic E-state index is 0.0931. The molecule has 9 nitrogen and oxygen atoms in total. The summed E-state index contributed by atoms with van der Waals surface area (Å²) in [5, 5.41) is 8.58. The molecule has 1 fully saturated rings. The van der Waals surface area contributed by atoms with Crippen molar-refractivity contribution >= 4 is 22.8 Å². The summed E-state index contributed by atoms with van der Waals surface area (Å²) < 4.78 is 1.80. The molecule has 0 spiro atoms. The normalized spacial score (nSPS) is 14.3. The van der Waals surface area contributed by atoms with Gasteiger partial charge < -0.3 is 9.80 Å². The van der Waals surface area contributed by atoms with Gasteiger partial charge in [0.1, 0.15) is 12.0 Å². The Morgan fingerprint density at radius 1 is 0.897 bits per heavy atom. The van der Waals surface area contributed by atoms with Crippen molar-refractivity contribution in [1.29, 1.82) is 0 Å². The number of piperazine rings is 1. The van der Waals surface area contributed by atoms with Crippen LogP contribution in [0.2, 0.25) is 0 Å². The highest BCUT2D eigenvalue weighted by atomic mass is 16.2. The van der Waals surface area contributed by atoms with Gasteiger partial charge in [-0.2, -0.15) is 0 Å². The van der Waals surface area contributed by atoms with Gasteiger partial charge in [0.15, 0.2) is 11.6 Å². The Hall–Kier alpha value is -3.88. The van der Waals surface area contributed by atoms with E-state index in [0.717, 1.165) is 22.7 Å². The van der Waals surface area contributed by atoms with Crippen molar-refractivity contribution in [3.05, 3.63) is 67.0 Å². The molecule has 1 aliphatic rings. The highest BCUT2D eigenvalue weighted by molar-refractivity contribution is 5.94. The minimum Gasteiger partial charge on any atom is -0.352 e. The number of anilines is 1. The Morgan fingerprint density at radius 3 is 2.38 bits per heavy atom. The minimum atomic E-state index is -0.0931. The Morgan fingerprint density at radius 2 is 1.66 bits per heavy atom. The third-order valence-corrected chi connectivity index (χ3v) is 4.96. The molecule has 0 bridgehead atoms. The molecular formula is C20H18N8O. The zero-order valence-corrected chi connectivity index (χ0v) is 15.6. The van der Waals surface area contributed by atoms with Crippen LogP contribution in [0.5, 0.6) is 0 Å². The fraction of sp³-hybridized carbons (Fsp3) is 0.200. The van der Waals surface area contributed by atoms with Gasteiger partial charge in [-0.15, -0.1) is 10.2 Å². The maximum atomic E-state index is 12.8. The number of carbonyl (C=O) groups is 1. The van der Waals surface area contributed by atoms with Crippen molar-refractivity contribution in [2.24, 2.45) is 0 Å². The molecule has 1 saturated heterocycles. The molecule has 144 valence electrons. The van der Waals surface area contributed by atoms with Crippen LogP contribution < -0.4 is 4.90 Å². The van der Waals surface area contributed by atoms with Crippen LogP contribution in [-0.2, 0) is 0 Å². The second-order valence-corrected chi connectivity index (χ2v) is 6.74. The van der Waals surface area contributed by atoms with Gasteiger partial charge in [-0.25, -0.2) is 9.97 Å². The molecule has 3 aromatic heterocycles. The van der Waals surface area contributed by atoms with Crippen LogP contribution in [0.15, 0.2) is 61.3 Å². The number of nitrogens with zero attached hydrogens (tertiary/aromatic N) is 8. The van der Waals surface area contributed by atoms with Crippen LogP contribution in [0, 0.1) is 0 Å². The standard InChI is InChI=1S/C20H18N8O/c29-20(17-13-22-15-3-1-2-4-16(15)23-17)27-11-9-26(10-12-27)18-5-6-19(25-24-18)28-8-7-21-14-28/h1-8,13-14H,9-12H2. The number of hydrogen-bond donors (Lipinski definition) is 0. The van der Waals surface area contributed by atoms with Gasteiger partial charge in [-0.1, -0.05) is 12.1 Å². The van der Waals surface area contributed by atoms with E-state index in [1.807, 2.05) is 47.5 Å². The van der Waals surface area contributed by atoms with Crippen molar-refractivity contribution in [2.75, 3.05) is 31.1 Å². The number of amides is 1. The van der Waals surface area contributed by atoms with Crippen molar-refractivity contribution in [1.82, 2.24) is 34.6 Å². The number of benzene rings is 1. The van der Waals surface area contributed by atoms with Crippen LogP contribution in [-0.4, -0.2) is 66.7 Å². The second kappa shape index (κ2) is 7.27. The Balaban J connectivity index is 1.25. The lowest BCUT2D eigenvalue weighted by molar-refractivity contribution is 0.0740. The molecule has 1 aliphatic heterocycles. The average molecular weight is 386 g/mol. The molecule has 0 unspecified atom stereocenters. The topological polar surface area (TPSA) is 92.9 Å². The zero-order valence-electron chi connectivity index (χ0n) is 15.6. The molecule has 0 atom stereocenters. The monoisotopic (exact) mass is 386 g/mol. The van der Waals surface area contributed by atoms with Gasteiger partial charge in [0, 0.05) is 38.6 Å². The van der Waals surface area contributed by atoms with Gasteiger partial charge in [0.2, 0.25) is 0 Å². The Bertz CT molecular complexity index is 1130. The molecular weight excluding hydrogens is 368 g/mol. The Kier molecular flexibility index (Phi) is 4.32. The molecule has 1 aromatic carbocycles. The summed E-state index contributed by atoms with van der Waals surface area (Å²) in [5.74, 6) is 1.42. The lowest BCUT2D eigenvalue weighted by Crippen LogP contribution is -2.49. The number of para-hydroxylation sites is 2. The molecule has 0 radical (unpaired) electrons. The number of fused-ring (bicyclic) bond motifs is 1. The maximum Gasteiger partial charge on any atom is 0.274 e. The largest absolute Gasteiger partial charge is 0.352 e. The van der Waals surface area contributed by atoms with E-state index < -0.39 is 0 Å². The van der Waals surface area contributed by atoms with Crippen LogP contribution in [0.25, 0.3) is 16.9 Å². The molecule has 5 rings (SSSR count). The van der Waals surface area contributed by atoms with Crippen LogP contribution in [0.3, 0.4) is 0 Å². The van der Waals surface area contributed by atoms with Gasteiger partial charge >= 0.3 is 0 Å². The molecule has 29 heavy (non-hydrogen) atoms.